The number of nitrogens with zero attached hydrogens (tertiary/aromatic N) is 1. The SMILES string of the molecule is CCC[N+](C)(C)Cc1ccccc1[Si](C)(C)C.[I-]. The Labute approximate surface area is 131 Å². The molecule has 0 aromatic heterocycles. The Morgan fingerprint density at radius 3 is 2.11 bits per heavy atom. The molecule has 0 saturated heterocycles. The molecule has 0 amide bonds. The highest BCUT2D eigenvalue weighted by molar-refractivity contribution is 6.89. The molecular weight excluding hydrogens is 349 g/mol. The third-order valence-electron chi connectivity index (χ3n) is 3.25. The molecule has 0 saturated carbocycles. The lowest BCUT2D eigenvalue weighted by molar-refractivity contribution is -0.903. The summed E-state index contributed by atoms with van der Waals surface area (Å²) in [5.74, 6) is 0. The van der Waals surface area contributed by atoms with Gasteiger partial charge in [-0.15, -0.1) is 0 Å². The zero-order valence-corrected chi connectivity index (χ0v) is 15.9. The fourth-order valence-electron chi connectivity index (χ4n) is 2.54. The van der Waals surface area contributed by atoms with Crippen molar-refractivity contribution in [1.29, 1.82) is 0 Å². The minimum atomic E-state index is -1.21. The summed E-state index contributed by atoms with van der Waals surface area (Å²) in [7, 11) is 3.46. The molecule has 0 N–H and O–H groups in total. The largest absolute Gasteiger partial charge is 1.00 e. The molecule has 1 nitrogen and oxygen atoms in total. The Bertz CT molecular complexity index is 369. The van der Waals surface area contributed by atoms with E-state index in [4.69, 9.17) is 0 Å². The highest BCUT2D eigenvalue weighted by Crippen LogP contribution is 2.12. The Hall–Kier alpha value is 0.127. The summed E-state index contributed by atoms with van der Waals surface area (Å²) in [4.78, 5) is 0. The minimum Gasteiger partial charge on any atom is -1.00 e. The first-order chi connectivity index (χ1) is 7.76. The third-order valence-corrected chi connectivity index (χ3v) is 5.36. The van der Waals surface area contributed by atoms with Gasteiger partial charge in [0.25, 0.3) is 0 Å². The zero-order valence-electron chi connectivity index (χ0n) is 12.8. The third kappa shape index (κ3) is 5.41. The van der Waals surface area contributed by atoms with Crippen LogP contribution in [0.4, 0.5) is 0 Å². The van der Waals surface area contributed by atoms with Gasteiger partial charge < -0.3 is 28.5 Å². The quantitative estimate of drug-likeness (QED) is 0.391. The predicted octanol–water partition coefficient (Wildman–Crippen LogP) is 0.222. The van der Waals surface area contributed by atoms with Crippen LogP contribution in [0.3, 0.4) is 0 Å². The Morgan fingerprint density at radius 1 is 1.06 bits per heavy atom. The molecule has 0 bridgehead atoms. The standard InChI is InChI=1S/C15H28NSi.HI/c1-7-12-16(2,3)13-14-10-8-9-11-15(14)17(4,5)6;/h8-11H,7,12-13H2,1-6H3;1H/q+1;/p-1. The molecule has 0 unspecified atom stereocenters. The molecule has 0 aliphatic rings. The first-order valence-electron chi connectivity index (χ1n) is 6.66. The molecule has 0 aliphatic heterocycles. The normalized spacial score (nSPS) is 12.1. The van der Waals surface area contributed by atoms with Crippen molar-refractivity contribution in [1.82, 2.24) is 0 Å². The summed E-state index contributed by atoms with van der Waals surface area (Å²) < 4.78 is 1.10. The molecule has 0 fully saturated rings. The van der Waals surface area contributed by atoms with E-state index >= 15 is 0 Å². The maximum absolute atomic E-state index is 2.44. The number of hydrogen-bond donors (Lipinski definition) is 0. The Balaban J connectivity index is 0.00000289. The molecule has 18 heavy (non-hydrogen) atoms. The molecule has 1 aromatic rings. The van der Waals surface area contributed by atoms with Gasteiger partial charge in [0.1, 0.15) is 6.54 Å². The Kier molecular flexibility index (Phi) is 7.10. The van der Waals surface area contributed by atoms with E-state index in [1.165, 1.54) is 13.0 Å². The van der Waals surface area contributed by atoms with Crippen LogP contribution in [0.2, 0.25) is 19.6 Å². The molecule has 1 rings (SSSR count). The summed E-state index contributed by atoms with van der Waals surface area (Å²) >= 11 is 0. The zero-order chi connectivity index (χ0) is 13.1. The van der Waals surface area contributed by atoms with E-state index in [1.807, 2.05) is 0 Å². The van der Waals surface area contributed by atoms with Gasteiger partial charge in [0.15, 0.2) is 0 Å². The van der Waals surface area contributed by atoms with E-state index < -0.39 is 8.07 Å². The van der Waals surface area contributed by atoms with Crippen molar-refractivity contribution in [3.63, 3.8) is 0 Å². The number of benzene rings is 1. The fraction of sp³-hybridized carbons (Fsp3) is 0.600. The van der Waals surface area contributed by atoms with Crippen LogP contribution in [0.15, 0.2) is 24.3 Å². The van der Waals surface area contributed by atoms with E-state index in [9.17, 15) is 0 Å². The molecule has 0 aliphatic carbocycles. The lowest BCUT2D eigenvalue weighted by Gasteiger charge is -2.32. The second-order valence-electron chi connectivity index (χ2n) is 6.72. The lowest BCUT2D eigenvalue weighted by Crippen LogP contribution is -3.00. The van der Waals surface area contributed by atoms with Crippen LogP contribution >= 0.6 is 0 Å². The maximum atomic E-state index is 2.44. The van der Waals surface area contributed by atoms with Gasteiger partial charge >= 0.3 is 0 Å². The smallest absolute Gasteiger partial charge is 0.104 e. The van der Waals surface area contributed by atoms with E-state index in [0.717, 1.165) is 11.0 Å². The van der Waals surface area contributed by atoms with Crippen LogP contribution < -0.4 is 29.2 Å². The van der Waals surface area contributed by atoms with Gasteiger partial charge in [-0.2, -0.15) is 0 Å². The first-order valence-corrected chi connectivity index (χ1v) is 10.2. The van der Waals surface area contributed by atoms with Gasteiger partial charge in [-0.3, -0.25) is 0 Å². The van der Waals surface area contributed by atoms with Gasteiger partial charge in [0.05, 0.1) is 28.7 Å². The van der Waals surface area contributed by atoms with Crippen molar-refractivity contribution in [3.05, 3.63) is 29.8 Å². The van der Waals surface area contributed by atoms with E-state index in [2.05, 4.69) is 64.9 Å². The summed E-state index contributed by atoms with van der Waals surface area (Å²) in [6, 6.07) is 9.04. The summed E-state index contributed by atoms with van der Waals surface area (Å²) in [5, 5.41) is 1.63. The van der Waals surface area contributed by atoms with Gasteiger partial charge in [0, 0.05) is 5.56 Å². The van der Waals surface area contributed by atoms with Crippen molar-refractivity contribution in [3.8, 4) is 0 Å². The molecule has 0 radical (unpaired) electrons. The summed E-state index contributed by atoms with van der Waals surface area (Å²) in [5.41, 5.74) is 1.56. The average Bonchev–Trinajstić information content (AvgIpc) is 2.15. The minimum absolute atomic E-state index is 0. The van der Waals surface area contributed by atoms with E-state index in [-0.39, 0.29) is 24.0 Å². The van der Waals surface area contributed by atoms with Crippen molar-refractivity contribution in [2.24, 2.45) is 0 Å². The average molecular weight is 377 g/mol. The number of halogens is 1. The molecule has 0 spiro atoms. The number of quaternary nitrogens is 1. The predicted molar refractivity (Wildman–Crippen MR) is 80.4 cm³/mol. The van der Waals surface area contributed by atoms with Crippen LogP contribution in [0.1, 0.15) is 18.9 Å². The van der Waals surface area contributed by atoms with Crippen molar-refractivity contribution < 1.29 is 28.5 Å². The van der Waals surface area contributed by atoms with Crippen LogP contribution in [-0.4, -0.2) is 33.2 Å². The summed E-state index contributed by atoms with van der Waals surface area (Å²) in [6.07, 6.45) is 1.25. The van der Waals surface area contributed by atoms with E-state index in [0.29, 0.717) is 0 Å². The Morgan fingerprint density at radius 2 is 1.61 bits per heavy atom. The number of rotatable bonds is 5. The molecular formula is C15H28INSi. The van der Waals surface area contributed by atoms with Gasteiger partial charge in [-0.1, -0.05) is 56.0 Å². The fourth-order valence-corrected chi connectivity index (χ4v) is 4.26. The second kappa shape index (κ2) is 7.06. The van der Waals surface area contributed by atoms with Gasteiger partial charge in [-0.25, -0.2) is 0 Å². The van der Waals surface area contributed by atoms with Crippen molar-refractivity contribution in [2.45, 2.75) is 39.5 Å². The van der Waals surface area contributed by atoms with Gasteiger partial charge in [0.2, 0.25) is 0 Å². The first kappa shape index (κ1) is 18.1. The van der Waals surface area contributed by atoms with Crippen molar-refractivity contribution in [2.75, 3.05) is 20.6 Å². The highest BCUT2D eigenvalue weighted by Gasteiger charge is 2.23. The van der Waals surface area contributed by atoms with Crippen LogP contribution in [0.25, 0.3) is 0 Å². The molecule has 1 aromatic carbocycles. The summed E-state index contributed by atoms with van der Waals surface area (Å²) in [6.45, 7) is 12.0. The number of hydrogen-bond acceptors (Lipinski definition) is 0. The van der Waals surface area contributed by atoms with E-state index in [1.54, 1.807) is 10.8 Å². The highest BCUT2D eigenvalue weighted by atomic mass is 127. The van der Waals surface area contributed by atoms with Crippen LogP contribution in [0, 0.1) is 0 Å². The maximum Gasteiger partial charge on any atom is 0.104 e. The molecule has 3 heteroatoms. The molecule has 0 atom stereocenters. The van der Waals surface area contributed by atoms with Crippen LogP contribution in [0.5, 0.6) is 0 Å². The van der Waals surface area contributed by atoms with Gasteiger partial charge in [-0.05, 0) is 6.42 Å². The van der Waals surface area contributed by atoms with Crippen LogP contribution in [-0.2, 0) is 6.54 Å². The lowest BCUT2D eigenvalue weighted by atomic mass is 10.2. The topological polar surface area (TPSA) is 0 Å². The van der Waals surface area contributed by atoms with Crippen molar-refractivity contribution >= 4 is 13.3 Å². The molecule has 0 heterocycles. The monoisotopic (exact) mass is 377 g/mol. The second-order valence-corrected chi connectivity index (χ2v) is 11.8. The molecule has 104 valence electrons.